The maximum Gasteiger partial charge on any atom is 0.210 e. The van der Waals surface area contributed by atoms with Crippen molar-refractivity contribution >= 4 is 0 Å². The third kappa shape index (κ3) is 0.804. The lowest BCUT2D eigenvalue weighted by atomic mass is 10.8. The molecule has 1 aromatic rings. The minimum Gasteiger partial charge on any atom is -0.481 e. The highest BCUT2D eigenvalue weighted by Crippen LogP contribution is 2.02. The minimum absolute atomic E-state index is 0.711. The van der Waals surface area contributed by atoms with Crippen LogP contribution >= 0.6 is 0 Å². The van der Waals surface area contributed by atoms with Crippen molar-refractivity contribution in [2.24, 2.45) is 0 Å². The second kappa shape index (κ2) is 1.86. The number of nitrogens with zero attached hydrogens (tertiary/aromatic N) is 1. The van der Waals surface area contributed by atoms with Gasteiger partial charge in [0, 0.05) is 0 Å². The summed E-state index contributed by atoms with van der Waals surface area (Å²) in [6.45, 7) is 1.88. The molecule has 0 bridgehead atoms. The van der Waals surface area contributed by atoms with Crippen molar-refractivity contribution in [2.45, 2.75) is 6.92 Å². The van der Waals surface area contributed by atoms with Crippen molar-refractivity contribution in [3.8, 4) is 5.88 Å². The first-order chi connectivity index (χ1) is 3.83. The number of rotatable bonds is 1. The molecule has 3 heteroatoms. The Morgan fingerprint density at radius 3 is 2.75 bits per heavy atom. The van der Waals surface area contributed by atoms with Crippen LogP contribution in [0.3, 0.4) is 0 Å². The fraction of sp³-hybridized carbons (Fsp3) is 0.400. The van der Waals surface area contributed by atoms with Crippen molar-refractivity contribution in [2.75, 3.05) is 7.11 Å². The van der Waals surface area contributed by atoms with Gasteiger partial charge in [-0.3, -0.25) is 0 Å². The summed E-state index contributed by atoms with van der Waals surface area (Å²) in [5.74, 6) is 1.59. The SMILES string of the molecule is COc1cnc(C)[nH]1. The van der Waals surface area contributed by atoms with Crippen LogP contribution in [0.1, 0.15) is 5.82 Å². The van der Waals surface area contributed by atoms with E-state index in [0.29, 0.717) is 5.88 Å². The van der Waals surface area contributed by atoms with E-state index in [1.807, 2.05) is 6.92 Å². The Labute approximate surface area is 47.7 Å². The van der Waals surface area contributed by atoms with Crippen molar-refractivity contribution < 1.29 is 4.74 Å². The van der Waals surface area contributed by atoms with Gasteiger partial charge in [0.15, 0.2) is 0 Å². The highest BCUT2D eigenvalue weighted by atomic mass is 16.5. The first-order valence-corrected chi connectivity index (χ1v) is 2.38. The summed E-state index contributed by atoms with van der Waals surface area (Å²) >= 11 is 0. The predicted octanol–water partition coefficient (Wildman–Crippen LogP) is 0.727. The third-order valence-corrected chi connectivity index (χ3v) is 0.899. The molecule has 0 aliphatic carbocycles. The second-order valence-corrected chi connectivity index (χ2v) is 1.54. The average Bonchev–Trinajstić information content (AvgIpc) is 2.14. The van der Waals surface area contributed by atoms with Gasteiger partial charge in [-0.15, -0.1) is 0 Å². The first kappa shape index (κ1) is 5.15. The number of hydrogen-bond donors (Lipinski definition) is 1. The third-order valence-electron chi connectivity index (χ3n) is 0.899. The van der Waals surface area contributed by atoms with E-state index in [4.69, 9.17) is 4.74 Å². The molecule has 0 atom stereocenters. The molecule has 0 aromatic carbocycles. The average molecular weight is 112 g/mol. The maximum atomic E-state index is 4.82. The van der Waals surface area contributed by atoms with E-state index in [1.54, 1.807) is 13.3 Å². The van der Waals surface area contributed by atoms with Crippen molar-refractivity contribution in [3.05, 3.63) is 12.0 Å². The molecule has 0 amide bonds. The van der Waals surface area contributed by atoms with Gasteiger partial charge in [0.2, 0.25) is 5.88 Å². The summed E-state index contributed by atoms with van der Waals surface area (Å²) in [7, 11) is 1.60. The quantitative estimate of drug-likeness (QED) is 0.581. The molecule has 0 spiro atoms. The minimum atomic E-state index is 0.711. The molecule has 0 unspecified atom stereocenters. The number of nitrogens with one attached hydrogen (secondary N) is 1. The van der Waals surface area contributed by atoms with Crippen LogP contribution in [-0.4, -0.2) is 17.1 Å². The van der Waals surface area contributed by atoms with Gasteiger partial charge in [-0.1, -0.05) is 0 Å². The predicted molar refractivity (Wildman–Crippen MR) is 29.9 cm³/mol. The molecule has 1 aromatic heterocycles. The highest BCUT2D eigenvalue weighted by molar-refractivity contribution is 5.05. The van der Waals surface area contributed by atoms with Gasteiger partial charge >= 0.3 is 0 Å². The smallest absolute Gasteiger partial charge is 0.210 e. The van der Waals surface area contributed by atoms with Gasteiger partial charge < -0.3 is 9.72 Å². The lowest BCUT2D eigenvalue weighted by Crippen LogP contribution is -1.80. The van der Waals surface area contributed by atoms with E-state index in [2.05, 4.69) is 9.97 Å². The van der Waals surface area contributed by atoms with Gasteiger partial charge in [0.05, 0.1) is 13.3 Å². The summed E-state index contributed by atoms with van der Waals surface area (Å²) in [6.07, 6.45) is 1.65. The molecule has 1 N–H and O–H groups in total. The summed E-state index contributed by atoms with van der Waals surface area (Å²) in [6, 6.07) is 0. The van der Waals surface area contributed by atoms with E-state index >= 15 is 0 Å². The Kier molecular flexibility index (Phi) is 1.20. The largest absolute Gasteiger partial charge is 0.481 e. The van der Waals surface area contributed by atoms with Crippen LogP contribution in [0.15, 0.2) is 6.20 Å². The van der Waals surface area contributed by atoms with Crippen LogP contribution in [0.2, 0.25) is 0 Å². The Morgan fingerprint density at radius 2 is 2.50 bits per heavy atom. The van der Waals surface area contributed by atoms with Gasteiger partial charge in [-0.05, 0) is 6.92 Å². The fourth-order valence-electron chi connectivity index (χ4n) is 0.502. The number of aryl methyl sites for hydroxylation is 1. The van der Waals surface area contributed by atoms with Crippen LogP contribution in [0.4, 0.5) is 0 Å². The molecule has 8 heavy (non-hydrogen) atoms. The molecule has 1 heterocycles. The van der Waals surface area contributed by atoms with Crippen LogP contribution in [0, 0.1) is 6.92 Å². The first-order valence-electron chi connectivity index (χ1n) is 2.38. The normalized spacial score (nSPS) is 9.25. The number of H-pyrrole nitrogens is 1. The monoisotopic (exact) mass is 112 g/mol. The Morgan fingerprint density at radius 1 is 1.75 bits per heavy atom. The topological polar surface area (TPSA) is 37.9 Å². The molecule has 0 fully saturated rings. The van der Waals surface area contributed by atoms with Crippen molar-refractivity contribution in [1.82, 2.24) is 9.97 Å². The molecule has 0 aliphatic heterocycles. The molecule has 0 radical (unpaired) electrons. The van der Waals surface area contributed by atoms with E-state index in [0.717, 1.165) is 5.82 Å². The molecule has 44 valence electrons. The van der Waals surface area contributed by atoms with E-state index < -0.39 is 0 Å². The Balaban J connectivity index is 2.84. The Hall–Kier alpha value is -0.990. The van der Waals surface area contributed by atoms with Gasteiger partial charge in [-0.2, -0.15) is 0 Å². The molecule has 3 nitrogen and oxygen atoms in total. The van der Waals surface area contributed by atoms with E-state index in [9.17, 15) is 0 Å². The number of ether oxygens (including phenoxy) is 1. The Bertz CT molecular complexity index is 171. The number of aromatic amines is 1. The standard InChI is InChI=1S/C5H8N2O/c1-4-6-3-5(7-4)8-2/h3H,1-2H3,(H,6,7). The van der Waals surface area contributed by atoms with Crippen LogP contribution < -0.4 is 4.74 Å². The molecule has 1 rings (SSSR count). The molecule has 0 saturated carbocycles. The summed E-state index contributed by atoms with van der Waals surface area (Å²) in [4.78, 5) is 6.80. The van der Waals surface area contributed by atoms with Crippen molar-refractivity contribution in [1.29, 1.82) is 0 Å². The number of hydrogen-bond acceptors (Lipinski definition) is 2. The zero-order valence-electron chi connectivity index (χ0n) is 4.93. The molecular weight excluding hydrogens is 104 g/mol. The highest BCUT2D eigenvalue weighted by Gasteiger charge is 1.90. The second-order valence-electron chi connectivity index (χ2n) is 1.54. The van der Waals surface area contributed by atoms with Crippen molar-refractivity contribution in [3.63, 3.8) is 0 Å². The number of imidazole rings is 1. The van der Waals surface area contributed by atoms with Gasteiger partial charge in [0.1, 0.15) is 5.82 Å². The van der Waals surface area contributed by atoms with Gasteiger partial charge in [0.25, 0.3) is 0 Å². The zero-order valence-corrected chi connectivity index (χ0v) is 4.93. The van der Waals surface area contributed by atoms with Crippen LogP contribution in [-0.2, 0) is 0 Å². The lowest BCUT2D eigenvalue weighted by molar-refractivity contribution is 0.399. The summed E-state index contributed by atoms with van der Waals surface area (Å²) in [5.41, 5.74) is 0. The van der Waals surface area contributed by atoms with E-state index in [-0.39, 0.29) is 0 Å². The lowest BCUT2D eigenvalue weighted by Gasteiger charge is -1.87. The summed E-state index contributed by atoms with van der Waals surface area (Å²) in [5, 5.41) is 0. The van der Waals surface area contributed by atoms with E-state index in [1.165, 1.54) is 0 Å². The zero-order chi connectivity index (χ0) is 5.98. The maximum absolute atomic E-state index is 4.82. The number of methoxy groups -OCH3 is 1. The summed E-state index contributed by atoms with van der Waals surface area (Å²) < 4.78 is 4.82. The molecular formula is C5H8N2O. The van der Waals surface area contributed by atoms with Crippen LogP contribution in [0.25, 0.3) is 0 Å². The van der Waals surface area contributed by atoms with Crippen LogP contribution in [0.5, 0.6) is 5.88 Å². The molecule has 0 aliphatic rings. The molecule has 0 saturated heterocycles. The fourth-order valence-corrected chi connectivity index (χ4v) is 0.502. The van der Waals surface area contributed by atoms with Gasteiger partial charge in [-0.25, -0.2) is 4.98 Å². The number of aromatic nitrogens is 2.